The Kier molecular flexibility index (Phi) is 5.84. The summed E-state index contributed by atoms with van der Waals surface area (Å²) in [7, 11) is 0. The molecular formula is C17H27NO. The van der Waals surface area contributed by atoms with Gasteiger partial charge in [0.1, 0.15) is 0 Å². The van der Waals surface area contributed by atoms with E-state index in [1.54, 1.807) is 0 Å². The molecule has 2 heteroatoms. The summed E-state index contributed by atoms with van der Waals surface area (Å²) < 4.78 is 0. The molecule has 0 radical (unpaired) electrons. The second-order valence-corrected chi connectivity index (χ2v) is 5.93. The van der Waals surface area contributed by atoms with Gasteiger partial charge in [0.05, 0.1) is 6.10 Å². The summed E-state index contributed by atoms with van der Waals surface area (Å²) in [5.74, 6) is 0.903. The van der Waals surface area contributed by atoms with Gasteiger partial charge in [0.2, 0.25) is 0 Å². The fourth-order valence-electron chi connectivity index (χ4n) is 3.11. The maximum absolute atomic E-state index is 10.0. The molecule has 0 saturated heterocycles. The molecule has 1 N–H and O–H groups in total. The molecule has 1 aliphatic rings. The molecule has 0 spiro atoms. The lowest BCUT2D eigenvalue weighted by Gasteiger charge is -2.21. The minimum Gasteiger partial charge on any atom is -0.388 e. The van der Waals surface area contributed by atoms with Crippen molar-refractivity contribution in [3.05, 3.63) is 29.6 Å². The van der Waals surface area contributed by atoms with Crippen molar-refractivity contribution < 1.29 is 5.11 Å². The zero-order valence-corrected chi connectivity index (χ0v) is 12.1. The predicted molar refractivity (Wildman–Crippen MR) is 79.0 cm³/mol. The van der Waals surface area contributed by atoms with E-state index in [0.717, 1.165) is 36.4 Å². The van der Waals surface area contributed by atoms with Crippen molar-refractivity contribution in [1.29, 1.82) is 0 Å². The second-order valence-electron chi connectivity index (χ2n) is 5.93. The normalized spacial score (nSPS) is 18.4. The fraction of sp³-hybridized carbons (Fsp3) is 0.706. The van der Waals surface area contributed by atoms with Gasteiger partial charge in [0.15, 0.2) is 0 Å². The standard InChI is InChI=1S/C17H27NO/c1-2-6-17(19)15-11-12-18-16(13-15)10-9-14-7-4-3-5-8-14/h11-14,17,19H,2-10H2,1H3. The van der Waals surface area contributed by atoms with Gasteiger partial charge in [-0.1, -0.05) is 45.4 Å². The van der Waals surface area contributed by atoms with Crippen molar-refractivity contribution in [2.45, 2.75) is 70.8 Å². The second kappa shape index (κ2) is 7.64. The highest BCUT2D eigenvalue weighted by molar-refractivity contribution is 5.19. The van der Waals surface area contributed by atoms with E-state index in [2.05, 4.69) is 18.0 Å². The molecule has 1 unspecified atom stereocenters. The highest BCUT2D eigenvalue weighted by Gasteiger charge is 2.14. The SMILES string of the molecule is CCCC(O)c1ccnc(CCC2CCCCC2)c1. The highest BCUT2D eigenvalue weighted by Crippen LogP contribution is 2.27. The Hall–Kier alpha value is -0.890. The third-order valence-corrected chi connectivity index (χ3v) is 4.32. The van der Waals surface area contributed by atoms with Gasteiger partial charge in [-0.05, 0) is 42.9 Å². The van der Waals surface area contributed by atoms with Crippen molar-refractivity contribution in [1.82, 2.24) is 4.98 Å². The van der Waals surface area contributed by atoms with Crippen molar-refractivity contribution in [2.24, 2.45) is 5.92 Å². The first-order chi connectivity index (χ1) is 9.29. The first-order valence-electron chi connectivity index (χ1n) is 7.92. The molecule has 19 heavy (non-hydrogen) atoms. The van der Waals surface area contributed by atoms with E-state index in [1.165, 1.54) is 38.5 Å². The number of nitrogens with zero attached hydrogens (tertiary/aromatic N) is 1. The molecule has 1 aliphatic carbocycles. The lowest BCUT2D eigenvalue weighted by atomic mass is 9.85. The Morgan fingerprint density at radius 1 is 1.32 bits per heavy atom. The monoisotopic (exact) mass is 261 g/mol. The summed E-state index contributed by atoms with van der Waals surface area (Å²) in [4.78, 5) is 4.46. The van der Waals surface area contributed by atoms with Gasteiger partial charge < -0.3 is 5.11 Å². The number of rotatable bonds is 6. The van der Waals surface area contributed by atoms with Crippen molar-refractivity contribution in [2.75, 3.05) is 0 Å². The molecule has 1 aromatic rings. The number of aliphatic hydroxyl groups excluding tert-OH is 1. The Bertz CT molecular complexity index is 371. The van der Waals surface area contributed by atoms with E-state index in [-0.39, 0.29) is 6.10 Å². The van der Waals surface area contributed by atoms with E-state index < -0.39 is 0 Å². The zero-order chi connectivity index (χ0) is 13.5. The Labute approximate surface area is 117 Å². The average Bonchev–Trinajstić information content (AvgIpc) is 2.47. The van der Waals surface area contributed by atoms with Crippen molar-refractivity contribution in [3.63, 3.8) is 0 Å². The Morgan fingerprint density at radius 3 is 2.84 bits per heavy atom. The largest absolute Gasteiger partial charge is 0.388 e. The van der Waals surface area contributed by atoms with E-state index in [4.69, 9.17) is 0 Å². The van der Waals surface area contributed by atoms with Gasteiger partial charge in [0.25, 0.3) is 0 Å². The summed E-state index contributed by atoms with van der Waals surface area (Å²) in [5.41, 5.74) is 2.19. The van der Waals surface area contributed by atoms with Crippen LogP contribution in [0, 0.1) is 5.92 Å². The molecule has 1 fully saturated rings. The van der Waals surface area contributed by atoms with Gasteiger partial charge >= 0.3 is 0 Å². The van der Waals surface area contributed by atoms with Crippen LogP contribution >= 0.6 is 0 Å². The van der Waals surface area contributed by atoms with Crippen LogP contribution in [0.15, 0.2) is 18.3 Å². The molecule has 1 heterocycles. The maximum atomic E-state index is 10.0. The average molecular weight is 261 g/mol. The molecule has 0 aliphatic heterocycles. The molecule has 1 atom stereocenters. The van der Waals surface area contributed by atoms with Crippen LogP contribution in [-0.4, -0.2) is 10.1 Å². The number of aliphatic hydroxyl groups is 1. The van der Waals surface area contributed by atoms with Crippen LogP contribution in [0.2, 0.25) is 0 Å². The molecule has 106 valence electrons. The summed E-state index contributed by atoms with van der Waals surface area (Å²) >= 11 is 0. The third-order valence-electron chi connectivity index (χ3n) is 4.32. The summed E-state index contributed by atoms with van der Waals surface area (Å²) in [5, 5.41) is 10.0. The number of hydrogen-bond donors (Lipinski definition) is 1. The van der Waals surface area contributed by atoms with Crippen LogP contribution in [-0.2, 0) is 6.42 Å². The number of aryl methyl sites for hydroxylation is 1. The number of pyridine rings is 1. The number of aromatic nitrogens is 1. The predicted octanol–water partition coefficient (Wildman–Crippen LogP) is 4.43. The van der Waals surface area contributed by atoms with Crippen LogP contribution in [0.3, 0.4) is 0 Å². The molecule has 0 amide bonds. The highest BCUT2D eigenvalue weighted by atomic mass is 16.3. The minimum atomic E-state index is -0.318. The maximum Gasteiger partial charge on any atom is 0.0791 e. The quantitative estimate of drug-likeness (QED) is 0.822. The lowest BCUT2D eigenvalue weighted by molar-refractivity contribution is 0.166. The smallest absolute Gasteiger partial charge is 0.0791 e. The Morgan fingerprint density at radius 2 is 2.11 bits per heavy atom. The molecule has 1 aromatic heterocycles. The van der Waals surface area contributed by atoms with E-state index in [0.29, 0.717) is 0 Å². The molecule has 0 bridgehead atoms. The molecular weight excluding hydrogens is 234 g/mol. The minimum absolute atomic E-state index is 0.318. The van der Waals surface area contributed by atoms with Gasteiger partial charge in [-0.2, -0.15) is 0 Å². The molecule has 1 saturated carbocycles. The van der Waals surface area contributed by atoms with Crippen LogP contribution in [0.4, 0.5) is 0 Å². The third kappa shape index (κ3) is 4.61. The summed E-state index contributed by atoms with van der Waals surface area (Å²) in [6.07, 6.45) is 12.8. The van der Waals surface area contributed by atoms with Crippen LogP contribution < -0.4 is 0 Å². The van der Waals surface area contributed by atoms with Crippen LogP contribution in [0.5, 0.6) is 0 Å². The topological polar surface area (TPSA) is 33.1 Å². The van der Waals surface area contributed by atoms with E-state index >= 15 is 0 Å². The first-order valence-corrected chi connectivity index (χ1v) is 7.92. The van der Waals surface area contributed by atoms with Crippen LogP contribution in [0.25, 0.3) is 0 Å². The fourth-order valence-corrected chi connectivity index (χ4v) is 3.11. The van der Waals surface area contributed by atoms with Crippen molar-refractivity contribution >= 4 is 0 Å². The van der Waals surface area contributed by atoms with Crippen LogP contribution in [0.1, 0.15) is 75.7 Å². The molecule has 2 rings (SSSR count). The zero-order valence-electron chi connectivity index (χ0n) is 12.1. The molecule has 2 nitrogen and oxygen atoms in total. The van der Waals surface area contributed by atoms with E-state index in [9.17, 15) is 5.11 Å². The first kappa shape index (κ1) is 14.5. The van der Waals surface area contributed by atoms with Crippen molar-refractivity contribution in [3.8, 4) is 0 Å². The Balaban J connectivity index is 1.87. The number of hydrogen-bond acceptors (Lipinski definition) is 2. The summed E-state index contributed by atoms with van der Waals surface area (Å²) in [6.45, 7) is 2.11. The molecule has 0 aromatic carbocycles. The lowest BCUT2D eigenvalue weighted by Crippen LogP contribution is -2.08. The summed E-state index contributed by atoms with van der Waals surface area (Å²) in [6, 6.07) is 4.05. The van der Waals surface area contributed by atoms with Gasteiger partial charge in [-0.25, -0.2) is 0 Å². The van der Waals surface area contributed by atoms with E-state index in [1.807, 2.05) is 12.3 Å². The van der Waals surface area contributed by atoms with Gasteiger partial charge in [-0.15, -0.1) is 0 Å². The van der Waals surface area contributed by atoms with Gasteiger partial charge in [0, 0.05) is 11.9 Å². The van der Waals surface area contributed by atoms with Gasteiger partial charge in [-0.3, -0.25) is 4.98 Å².